The number of nitrogens with zero attached hydrogens (tertiary/aromatic N) is 1. The minimum atomic E-state index is -0.248. The van der Waals surface area contributed by atoms with E-state index in [2.05, 4.69) is 10.6 Å². The molecule has 0 saturated carbocycles. The molecule has 0 spiro atoms. The summed E-state index contributed by atoms with van der Waals surface area (Å²) >= 11 is 0. The van der Waals surface area contributed by atoms with Crippen LogP contribution in [0.4, 0.5) is 4.39 Å². The van der Waals surface area contributed by atoms with Crippen molar-refractivity contribution >= 4 is 24.2 Å². The average Bonchev–Trinajstić information content (AvgIpc) is 3.20. The average molecular weight is 412 g/mol. The summed E-state index contributed by atoms with van der Waals surface area (Å²) in [6.07, 6.45) is 4.14. The number of carbonyl (C=O) groups is 2. The number of rotatable bonds is 6. The Morgan fingerprint density at radius 2 is 2.00 bits per heavy atom. The molecular formula is C21H31ClFN3O2. The molecule has 2 amide bonds. The SMILES string of the molecule is Cc1ccc(CNC(=O)C2CCN(C(=O)CCC3CCNC3)CC2)cc1F.Cl. The van der Waals surface area contributed by atoms with Crippen LogP contribution in [-0.2, 0) is 16.1 Å². The Bertz CT molecular complexity index is 672. The molecule has 2 fully saturated rings. The standard InChI is InChI=1S/C21H30FN3O2.ClH/c1-15-2-3-17(12-19(15)22)14-24-21(27)18-7-10-25(11-8-18)20(26)5-4-16-6-9-23-13-16;/h2-3,12,16,18,23H,4-11,13-14H2,1H3,(H,24,27);1H. The van der Waals surface area contributed by atoms with E-state index in [9.17, 15) is 14.0 Å². The van der Waals surface area contributed by atoms with Crippen LogP contribution in [0.15, 0.2) is 18.2 Å². The number of amides is 2. The fraction of sp³-hybridized carbons (Fsp3) is 0.619. The first-order chi connectivity index (χ1) is 13.0. The summed E-state index contributed by atoms with van der Waals surface area (Å²) in [6.45, 7) is 5.45. The predicted octanol–water partition coefficient (Wildman–Crippen LogP) is 2.80. The molecule has 1 aromatic rings. The van der Waals surface area contributed by atoms with Gasteiger partial charge in [-0.3, -0.25) is 9.59 Å². The van der Waals surface area contributed by atoms with Gasteiger partial charge in [-0.25, -0.2) is 4.39 Å². The molecule has 1 aromatic carbocycles. The molecule has 7 heteroatoms. The molecule has 2 aliphatic rings. The Balaban J connectivity index is 0.00000280. The smallest absolute Gasteiger partial charge is 0.223 e. The van der Waals surface area contributed by atoms with E-state index in [0.29, 0.717) is 50.4 Å². The molecule has 0 aliphatic carbocycles. The van der Waals surface area contributed by atoms with Gasteiger partial charge >= 0.3 is 0 Å². The summed E-state index contributed by atoms with van der Waals surface area (Å²) in [7, 11) is 0. The normalized spacial score (nSPS) is 19.9. The second-order valence-electron chi connectivity index (χ2n) is 7.85. The lowest BCUT2D eigenvalue weighted by Gasteiger charge is -2.31. The molecule has 2 aliphatic heterocycles. The molecular weight excluding hydrogens is 381 g/mol. The first-order valence-electron chi connectivity index (χ1n) is 10.0. The van der Waals surface area contributed by atoms with Crippen molar-refractivity contribution in [3.8, 4) is 0 Å². The van der Waals surface area contributed by atoms with E-state index in [-0.39, 0.29) is 36.0 Å². The van der Waals surface area contributed by atoms with Crippen LogP contribution in [-0.4, -0.2) is 42.9 Å². The van der Waals surface area contributed by atoms with Gasteiger partial charge in [0.25, 0.3) is 0 Å². The molecule has 2 heterocycles. The maximum atomic E-state index is 13.6. The van der Waals surface area contributed by atoms with Crippen molar-refractivity contribution in [3.63, 3.8) is 0 Å². The maximum Gasteiger partial charge on any atom is 0.223 e. The number of hydrogen-bond acceptors (Lipinski definition) is 3. The van der Waals surface area contributed by atoms with Gasteiger partial charge in [0.1, 0.15) is 5.82 Å². The first kappa shape index (κ1) is 22.6. The topological polar surface area (TPSA) is 61.4 Å². The van der Waals surface area contributed by atoms with Crippen molar-refractivity contribution in [3.05, 3.63) is 35.1 Å². The molecule has 2 N–H and O–H groups in total. The van der Waals surface area contributed by atoms with Gasteiger partial charge in [-0.15, -0.1) is 12.4 Å². The summed E-state index contributed by atoms with van der Waals surface area (Å²) in [5.41, 5.74) is 1.37. The van der Waals surface area contributed by atoms with Crippen LogP contribution in [0.2, 0.25) is 0 Å². The third-order valence-corrected chi connectivity index (χ3v) is 5.85. The highest BCUT2D eigenvalue weighted by Gasteiger charge is 2.27. The number of nitrogens with one attached hydrogen (secondary N) is 2. The van der Waals surface area contributed by atoms with E-state index in [1.807, 2.05) is 11.0 Å². The minimum absolute atomic E-state index is 0. The highest BCUT2D eigenvalue weighted by molar-refractivity contribution is 5.85. The number of likely N-dealkylation sites (tertiary alicyclic amines) is 1. The molecule has 156 valence electrons. The monoisotopic (exact) mass is 411 g/mol. The van der Waals surface area contributed by atoms with E-state index in [0.717, 1.165) is 25.1 Å². The maximum absolute atomic E-state index is 13.6. The fourth-order valence-electron chi connectivity index (χ4n) is 3.92. The molecule has 28 heavy (non-hydrogen) atoms. The number of piperidine rings is 1. The second-order valence-corrected chi connectivity index (χ2v) is 7.85. The van der Waals surface area contributed by atoms with Crippen LogP contribution >= 0.6 is 12.4 Å². The zero-order chi connectivity index (χ0) is 19.2. The first-order valence-corrected chi connectivity index (χ1v) is 10.0. The van der Waals surface area contributed by atoms with Crippen LogP contribution < -0.4 is 10.6 Å². The van der Waals surface area contributed by atoms with E-state index in [1.165, 1.54) is 12.5 Å². The molecule has 0 bridgehead atoms. The van der Waals surface area contributed by atoms with Crippen molar-refractivity contribution < 1.29 is 14.0 Å². The van der Waals surface area contributed by atoms with Gasteiger partial charge in [-0.1, -0.05) is 12.1 Å². The van der Waals surface area contributed by atoms with Crippen molar-refractivity contribution in [2.24, 2.45) is 11.8 Å². The Hall–Kier alpha value is -1.66. The molecule has 1 atom stereocenters. The molecule has 1 unspecified atom stereocenters. The molecule has 5 nitrogen and oxygen atoms in total. The quantitative estimate of drug-likeness (QED) is 0.756. The van der Waals surface area contributed by atoms with Crippen molar-refractivity contribution in [2.75, 3.05) is 26.2 Å². The zero-order valence-corrected chi connectivity index (χ0v) is 17.3. The Morgan fingerprint density at radius 1 is 1.25 bits per heavy atom. The highest BCUT2D eigenvalue weighted by Crippen LogP contribution is 2.20. The largest absolute Gasteiger partial charge is 0.352 e. The number of carbonyl (C=O) groups excluding carboxylic acids is 2. The van der Waals surface area contributed by atoms with Crippen molar-refractivity contribution in [1.82, 2.24) is 15.5 Å². The van der Waals surface area contributed by atoms with Gasteiger partial charge in [0.2, 0.25) is 11.8 Å². The Labute approximate surface area is 172 Å². The van der Waals surface area contributed by atoms with E-state index >= 15 is 0 Å². The minimum Gasteiger partial charge on any atom is -0.352 e. The number of halogens is 2. The van der Waals surface area contributed by atoms with Gasteiger partial charge in [0.15, 0.2) is 0 Å². The zero-order valence-electron chi connectivity index (χ0n) is 16.5. The molecule has 0 aromatic heterocycles. The van der Waals surface area contributed by atoms with E-state index in [4.69, 9.17) is 0 Å². The van der Waals surface area contributed by atoms with Crippen molar-refractivity contribution in [1.29, 1.82) is 0 Å². The lowest BCUT2D eigenvalue weighted by Crippen LogP contribution is -2.43. The summed E-state index contributed by atoms with van der Waals surface area (Å²) in [6, 6.07) is 5.03. The van der Waals surface area contributed by atoms with Gasteiger partial charge in [0.05, 0.1) is 0 Å². The van der Waals surface area contributed by atoms with Crippen LogP contribution in [0.1, 0.15) is 43.2 Å². The van der Waals surface area contributed by atoms with E-state index < -0.39 is 0 Å². The Kier molecular flexibility index (Phi) is 8.70. The van der Waals surface area contributed by atoms with Crippen LogP contribution in [0, 0.1) is 24.6 Å². The fourth-order valence-corrected chi connectivity index (χ4v) is 3.92. The van der Waals surface area contributed by atoms with Gasteiger partial charge in [0, 0.05) is 32.0 Å². The van der Waals surface area contributed by atoms with Crippen LogP contribution in [0.3, 0.4) is 0 Å². The number of benzene rings is 1. The summed E-state index contributed by atoms with van der Waals surface area (Å²) in [4.78, 5) is 26.7. The van der Waals surface area contributed by atoms with Crippen LogP contribution in [0.5, 0.6) is 0 Å². The predicted molar refractivity (Wildman–Crippen MR) is 110 cm³/mol. The molecule has 2 saturated heterocycles. The highest BCUT2D eigenvalue weighted by atomic mass is 35.5. The number of aryl methyl sites for hydroxylation is 1. The van der Waals surface area contributed by atoms with E-state index in [1.54, 1.807) is 13.0 Å². The number of hydrogen-bond donors (Lipinski definition) is 2. The van der Waals surface area contributed by atoms with Crippen LogP contribution in [0.25, 0.3) is 0 Å². The molecule has 0 radical (unpaired) electrons. The van der Waals surface area contributed by atoms with Gasteiger partial charge in [-0.2, -0.15) is 0 Å². The Morgan fingerprint density at radius 3 is 2.64 bits per heavy atom. The lowest BCUT2D eigenvalue weighted by atomic mass is 9.95. The van der Waals surface area contributed by atoms with Crippen molar-refractivity contribution in [2.45, 2.75) is 45.6 Å². The third kappa shape index (κ3) is 6.17. The third-order valence-electron chi connectivity index (χ3n) is 5.85. The van der Waals surface area contributed by atoms with Gasteiger partial charge < -0.3 is 15.5 Å². The lowest BCUT2D eigenvalue weighted by molar-refractivity contribution is -0.135. The molecule has 3 rings (SSSR count). The summed E-state index contributed by atoms with van der Waals surface area (Å²) < 4.78 is 13.6. The summed E-state index contributed by atoms with van der Waals surface area (Å²) in [5.74, 6) is 0.533. The van der Waals surface area contributed by atoms with Gasteiger partial charge in [-0.05, 0) is 68.8 Å². The second kappa shape index (κ2) is 10.8. The summed E-state index contributed by atoms with van der Waals surface area (Å²) in [5, 5.41) is 6.24.